The third-order valence-corrected chi connectivity index (χ3v) is 6.90. The lowest BCUT2D eigenvalue weighted by Gasteiger charge is -2.19. The standard InChI is InChI=1S/C20H43NO2.C11H22O2/c1-2-3-4-5-6-7-8-9-10-11-12-13-14-15-16-21(17-19-22)18-20-23;1-2-3-4-5-6-7-8-9-10-11(12)13/h22-23H,2-20H2,1H3;2-10H2,1H3,(H,12,13). The minimum atomic E-state index is -0.661. The second-order valence-electron chi connectivity index (χ2n) is 10.5. The molecule has 5 nitrogen and oxygen atoms in total. The van der Waals surface area contributed by atoms with Gasteiger partial charge in [0, 0.05) is 19.5 Å². The highest BCUT2D eigenvalue weighted by atomic mass is 16.4. The van der Waals surface area contributed by atoms with E-state index in [4.69, 9.17) is 15.3 Å². The summed E-state index contributed by atoms with van der Waals surface area (Å²) >= 11 is 0. The minimum Gasteiger partial charge on any atom is -0.481 e. The molecule has 0 aromatic heterocycles. The Labute approximate surface area is 225 Å². The molecule has 0 saturated carbocycles. The maximum absolute atomic E-state index is 10.2. The molecule has 0 fully saturated rings. The highest BCUT2D eigenvalue weighted by Crippen LogP contribution is 2.13. The van der Waals surface area contributed by atoms with Crippen molar-refractivity contribution in [2.24, 2.45) is 0 Å². The molecule has 0 amide bonds. The summed E-state index contributed by atoms with van der Waals surface area (Å²) in [6, 6.07) is 0. The van der Waals surface area contributed by atoms with Crippen molar-refractivity contribution >= 4 is 5.97 Å². The lowest BCUT2D eigenvalue weighted by molar-refractivity contribution is -0.137. The van der Waals surface area contributed by atoms with Crippen LogP contribution in [0.15, 0.2) is 0 Å². The summed E-state index contributed by atoms with van der Waals surface area (Å²) in [5.74, 6) is -0.661. The van der Waals surface area contributed by atoms with Crippen LogP contribution in [0.5, 0.6) is 0 Å². The number of carboxylic acid groups (broad SMARTS) is 1. The highest BCUT2D eigenvalue weighted by molar-refractivity contribution is 5.66. The van der Waals surface area contributed by atoms with Gasteiger partial charge in [-0.1, -0.05) is 142 Å². The third-order valence-electron chi connectivity index (χ3n) is 6.90. The average molecular weight is 516 g/mol. The molecular weight excluding hydrogens is 450 g/mol. The number of carboxylic acids is 1. The van der Waals surface area contributed by atoms with Crippen LogP contribution in [0.1, 0.15) is 162 Å². The maximum atomic E-state index is 10.2. The molecule has 0 saturated heterocycles. The first-order valence-corrected chi connectivity index (χ1v) is 15.8. The van der Waals surface area contributed by atoms with Crippen molar-refractivity contribution in [3.63, 3.8) is 0 Å². The Bertz CT molecular complexity index is 400. The van der Waals surface area contributed by atoms with Crippen LogP contribution in [0.2, 0.25) is 0 Å². The van der Waals surface area contributed by atoms with Gasteiger partial charge in [0.15, 0.2) is 0 Å². The Kier molecular flexibility index (Phi) is 35.8. The SMILES string of the molecule is CCCCCCCCCCC(=O)O.CCCCCCCCCCCCCCCCN(CCO)CCO. The molecule has 5 heteroatoms. The van der Waals surface area contributed by atoms with Gasteiger partial charge in [0.1, 0.15) is 0 Å². The predicted molar refractivity (Wildman–Crippen MR) is 156 cm³/mol. The number of aliphatic carboxylic acids is 1. The Morgan fingerprint density at radius 3 is 1.08 bits per heavy atom. The zero-order chi connectivity index (χ0) is 27.0. The van der Waals surface area contributed by atoms with Crippen LogP contribution in [0.3, 0.4) is 0 Å². The number of hydrogen-bond donors (Lipinski definition) is 3. The Morgan fingerprint density at radius 2 is 0.778 bits per heavy atom. The van der Waals surface area contributed by atoms with Crippen molar-refractivity contribution < 1.29 is 20.1 Å². The Balaban J connectivity index is 0. The number of aliphatic hydroxyl groups excluding tert-OH is 2. The lowest BCUT2D eigenvalue weighted by atomic mass is 10.0. The molecule has 0 spiro atoms. The second kappa shape index (κ2) is 34.4. The van der Waals surface area contributed by atoms with Gasteiger partial charge in [-0.2, -0.15) is 0 Å². The van der Waals surface area contributed by atoms with Gasteiger partial charge in [0.05, 0.1) is 13.2 Å². The van der Waals surface area contributed by atoms with E-state index in [1.54, 1.807) is 0 Å². The van der Waals surface area contributed by atoms with Crippen molar-refractivity contribution in [3.8, 4) is 0 Å². The van der Waals surface area contributed by atoms with Crippen molar-refractivity contribution in [1.29, 1.82) is 0 Å². The first-order valence-electron chi connectivity index (χ1n) is 15.8. The molecule has 0 radical (unpaired) electrons. The molecule has 0 unspecified atom stereocenters. The number of rotatable bonds is 28. The van der Waals surface area contributed by atoms with Crippen LogP contribution < -0.4 is 0 Å². The van der Waals surface area contributed by atoms with Crippen molar-refractivity contribution in [2.75, 3.05) is 32.8 Å². The van der Waals surface area contributed by atoms with Gasteiger partial charge in [0.2, 0.25) is 0 Å². The van der Waals surface area contributed by atoms with Crippen LogP contribution in [0.4, 0.5) is 0 Å². The summed E-state index contributed by atoms with van der Waals surface area (Å²) < 4.78 is 0. The van der Waals surface area contributed by atoms with E-state index in [1.165, 1.54) is 128 Å². The Hall–Kier alpha value is -0.650. The van der Waals surface area contributed by atoms with Gasteiger partial charge in [-0.3, -0.25) is 9.69 Å². The zero-order valence-electron chi connectivity index (χ0n) is 24.5. The largest absolute Gasteiger partial charge is 0.481 e. The maximum Gasteiger partial charge on any atom is 0.303 e. The van der Waals surface area contributed by atoms with Gasteiger partial charge < -0.3 is 15.3 Å². The second-order valence-corrected chi connectivity index (χ2v) is 10.5. The summed E-state index contributed by atoms with van der Waals surface area (Å²) in [6.45, 7) is 7.28. The van der Waals surface area contributed by atoms with Gasteiger partial charge in [-0.25, -0.2) is 0 Å². The normalized spacial score (nSPS) is 11.0. The summed E-state index contributed by atoms with van der Waals surface area (Å²) in [7, 11) is 0. The van der Waals surface area contributed by atoms with Gasteiger partial charge in [-0.15, -0.1) is 0 Å². The van der Waals surface area contributed by atoms with Crippen molar-refractivity contribution in [3.05, 3.63) is 0 Å². The molecular formula is C31H65NO4. The first-order chi connectivity index (χ1) is 17.6. The molecule has 0 heterocycles. The van der Waals surface area contributed by atoms with Gasteiger partial charge >= 0.3 is 5.97 Å². The van der Waals surface area contributed by atoms with Gasteiger partial charge in [-0.05, 0) is 19.4 Å². The molecule has 0 rings (SSSR count). The fourth-order valence-corrected chi connectivity index (χ4v) is 4.56. The van der Waals surface area contributed by atoms with E-state index in [-0.39, 0.29) is 13.2 Å². The van der Waals surface area contributed by atoms with E-state index in [0.29, 0.717) is 19.5 Å². The van der Waals surface area contributed by atoms with Gasteiger partial charge in [0.25, 0.3) is 0 Å². The average Bonchev–Trinajstić information content (AvgIpc) is 2.86. The van der Waals surface area contributed by atoms with E-state index in [0.717, 1.165) is 19.4 Å². The highest BCUT2D eigenvalue weighted by Gasteiger charge is 2.02. The summed E-state index contributed by atoms with van der Waals surface area (Å²) in [5.41, 5.74) is 0. The van der Waals surface area contributed by atoms with Crippen LogP contribution in [-0.4, -0.2) is 59.0 Å². The molecule has 36 heavy (non-hydrogen) atoms. The van der Waals surface area contributed by atoms with Crippen LogP contribution in [0.25, 0.3) is 0 Å². The number of carbonyl (C=O) groups is 1. The van der Waals surface area contributed by atoms with E-state index in [1.807, 2.05) is 0 Å². The predicted octanol–water partition coefficient (Wildman–Crippen LogP) is 8.36. The zero-order valence-corrected chi connectivity index (χ0v) is 24.5. The molecule has 0 aliphatic rings. The van der Waals surface area contributed by atoms with E-state index in [9.17, 15) is 4.79 Å². The van der Waals surface area contributed by atoms with E-state index < -0.39 is 5.97 Å². The smallest absolute Gasteiger partial charge is 0.303 e. The molecule has 0 atom stereocenters. The van der Waals surface area contributed by atoms with Crippen LogP contribution in [-0.2, 0) is 4.79 Å². The monoisotopic (exact) mass is 515 g/mol. The topological polar surface area (TPSA) is 81.0 Å². The quantitative estimate of drug-likeness (QED) is 0.0912. The third kappa shape index (κ3) is 35.5. The van der Waals surface area contributed by atoms with Crippen LogP contribution >= 0.6 is 0 Å². The number of aliphatic hydroxyl groups is 2. The molecule has 0 bridgehead atoms. The summed E-state index contributed by atoms with van der Waals surface area (Å²) in [4.78, 5) is 12.3. The molecule has 0 aromatic carbocycles. The van der Waals surface area contributed by atoms with E-state index >= 15 is 0 Å². The Morgan fingerprint density at radius 1 is 0.472 bits per heavy atom. The number of nitrogens with zero attached hydrogens (tertiary/aromatic N) is 1. The molecule has 0 aliphatic carbocycles. The minimum absolute atomic E-state index is 0.193. The first kappa shape index (κ1) is 37.5. The molecule has 0 aromatic rings. The lowest BCUT2D eigenvalue weighted by Crippen LogP contribution is -2.30. The fourth-order valence-electron chi connectivity index (χ4n) is 4.56. The van der Waals surface area contributed by atoms with Crippen molar-refractivity contribution in [1.82, 2.24) is 4.90 Å². The summed E-state index contributed by atoms with van der Waals surface area (Å²) in [6.07, 6.45) is 29.4. The number of unbranched alkanes of at least 4 members (excludes halogenated alkanes) is 20. The molecule has 3 N–H and O–H groups in total. The van der Waals surface area contributed by atoms with Crippen LogP contribution in [0, 0.1) is 0 Å². The van der Waals surface area contributed by atoms with E-state index in [2.05, 4.69) is 18.7 Å². The molecule has 218 valence electrons. The molecule has 0 aliphatic heterocycles. The fraction of sp³-hybridized carbons (Fsp3) is 0.968. The number of hydrogen-bond acceptors (Lipinski definition) is 4. The summed E-state index contributed by atoms with van der Waals surface area (Å²) in [5, 5.41) is 26.3. The van der Waals surface area contributed by atoms with Crippen molar-refractivity contribution in [2.45, 2.75) is 162 Å².